The van der Waals surface area contributed by atoms with Crippen molar-refractivity contribution in [2.75, 3.05) is 0 Å². The molecule has 0 radical (unpaired) electrons. The van der Waals surface area contributed by atoms with Crippen molar-refractivity contribution >= 4 is 11.6 Å². The summed E-state index contributed by atoms with van der Waals surface area (Å²) in [5.41, 5.74) is 0.854. The van der Waals surface area contributed by atoms with E-state index in [1.54, 1.807) is 48.5 Å². The maximum absolute atomic E-state index is 11.8. The molecule has 0 spiro atoms. The summed E-state index contributed by atoms with van der Waals surface area (Å²) in [4.78, 5) is 23.6. The van der Waals surface area contributed by atoms with Crippen LogP contribution < -0.4 is 29.6 Å². The third-order valence-corrected chi connectivity index (χ3v) is 2.28. The Labute approximate surface area is 122 Å². The summed E-state index contributed by atoms with van der Waals surface area (Å²) in [6.45, 7) is 0. The van der Waals surface area contributed by atoms with Crippen molar-refractivity contribution in [2.24, 2.45) is 0 Å². The van der Waals surface area contributed by atoms with Crippen LogP contribution in [0.15, 0.2) is 60.7 Å². The fraction of sp³-hybridized carbons (Fsp3) is 0. The number of carbonyl (C=O) groups is 2. The number of hydrogen-bond donors (Lipinski definition) is 0. The fourth-order valence-electron chi connectivity index (χ4n) is 1.44. The zero-order chi connectivity index (χ0) is 11.4. The molecule has 17 heavy (non-hydrogen) atoms. The second-order valence-corrected chi connectivity index (χ2v) is 3.39. The Balaban J connectivity index is 0.00000144. The maximum Gasteiger partial charge on any atom is 1.00 e. The number of carbonyl (C=O) groups excluding carboxylic acids is 2. The van der Waals surface area contributed by atoms with E-state index in [0.29, 0.717) is 11.1 Å². The van der Waals surface area contributed by atoms with Crippen LogP contribution in [-0.2, 0) is 0 Å². The summed E-state index contributed by atoms with van der Waals surface area (Å²) in [6, 6.07) is 17.2. The molecule has 0 amide bonds. The first-order chi connectivity index (χ1) is 7.79. The SMILES string of the molecule is O=C(C(=O)c1ccccc1)c1ccccc1.[Na+]. The van der Waals surface area contributed by atoms with Crippen molar-refractivity contribution in [3.8, 4) is 0 Å². The van der Waals surface area contributed by atoms with Gasteiger partial charge in [-0.05, 0) is 0 Å². The largest absolute Gasteiger partial charge is 1.00 e. The molecule has 0 aliphatic heterocycles. The zero-order valence-electron chi connectivity index (χ0n) is 9.59. The predicted octanol–water partition coefficient (Wildman–Crippen LogP) is -0.244. The maximum atomic E-state index is 11.8. The smallest absolute Gasteiger partial charge is 0.285 e. The Bertz CT molecular complexity index is 457. The molecule has 0 aliphatic carbocycles. The summed E-state index contributed by atoms with van der Waals surface area (Å²) in [5.74, 6) is -0.932. The van der Waals surface area contributed by atoms with Gasteiger partial charge in [-0.2, -0.15) is 0 Å². The van der Waals surface area contributed by atoms with Gasteiger partial charge < -0.3 is 0 Å². The van der Waals surface area contributed by atoms with Crippen LogP contribution in [0.25, 0.3) is 0 Å². The molecule has 0 unspecified atom stereocenters. The minimum Gasteiger partial charge on any atom is -0.285 e. The van der Waals surface area contributed by atoms with Crippen molar-refractivity contribution in [3.05, 3.63) is 71.8 Å². The van der Waals surface area contributed by atoms with E-state index in [1.807, 2.05) is 12.1 Å². The molecule has 0 aliphatic rings. The first-order valence-electron chi connectivity index (χ1n) is 4.98. The quantitative estimate of drug-likeness (QED) is 0.416. The van der Waals surface area contributed by atoms with E-state index in [1.165, 1.54) is 0 Å². The van der Waals surface area contributed by atoms with Gasteiger partial charge >= 0.3 is 29.6 Å². The van der Waals surface area contributed by atoms with Crippen molar-refractivity contribution in [3.63, 3.8) is 0 Å². The van der Waals surface area contributed by atoms with Gasteiger partial charge in [-0.1, -0.05) is 60.7 Å². The average Bonchev–Trinajstić information content (AvgIpc) is 2.39. The number of ketones is 2. The Morgan fingerprint density at radius 3 is 1.18 bits per heavy atom. The summed E-state index contributed by atoms with van der Waals surface area (Å²) in [6.07, 6.45) is 0. The van der Waals surface area contributed by atoms with Crippen LogP contribution in [0.2, 0.25) is 0 Å². The monoisotopic (exact) mass is 233 g/mol. The van der Waals surface area contributed by atoms with Crippen LogP contribution in [-0.4, -0.2) is 11.6 Å². The van der Waals surface area contributed by atoms with Crippen molar-refractivity contribution in [2.45, 2.75) is 0 Å². The molecule has 0 heterocycles. The van der Waals surface area contributed by atoms with E-state index in [2.05, 4.69) is 0 Å². The van der Waals surface area contributed by atoms with E-state index in [9.17, 15) is 9.59 Å². The molecule has 0 atom stereocenters. The summed E-state index contributed by atoms with van der Waals surface area (Å²) in [5, 5.41) is 0. The topological polar surface area (TPSA) is 34.1 Å². The summed E-state index contributed by atoms with van der Waals surface area (Å²) in [7, 11) is 0. The van der Waals surface area contributed by atoms with Gasteiger partial charge in [-0.25, -0.2) is 0 Å². The normalized spacial score (nSPS) is 9.18. The second kappa shape index (κ2) is 6.50. The Morgan fingerprint density at radius 1 is 0.588 bits per heavy atom. The van der Waals surface area contributed by atoms with Gasteiger partial charge in [-0.3, -0.25) is 9.59 Å². The molecular weight excluding hydrogens is 223 g/mol. The Hall–Kier alpha value is -1.22. The van der Waals surface area contributed by atoms with E-state index in [0.717, 1.165) is 0 Å². The third kappa shape index (κ3) is 3.37. The predicted molar refractivity (Wildman–Crippen MR) is 61.5 cm³/mol. The van der Waals surface area contributed by atoms with Gasteiger partial charge in [0.25, 0.3) is 0 Å². The van der Waals surface area contributed by atoms with Gasteiger partial charge in [0.05, 0.1) is 0 Å². The van der Waals surface area contributed by atoms with Crippen LogP contribution in [0.1, 0.15) is 20.7 Å². The van der Waals surface area contributed by atoms with E-state index in [4.69, 9.17) is 0 Å². The molecule has 0 saturated carbocycles. The Kier molecular flexibility index (Phi) is 5.29. The number of hydrogen-bond acceptors (Lipinski definition) is 2. The average molecular weight is 233 g/mol. The summed E-state index contributed by atoms with van der Waals surface area (Å²) < 4.78 is 0. The van der Waals surface area contributed by atoms with Crippen molar-refractivity contribution in [1.29, 1.82) is 0 Å². The van der Waals surface area contributed by atoms with Crippen molar-refractivity contribution < 1.29 is 39.1 Å². The van der Waals surface area contributed by atoms with E-state index in [-0.39, 0.29) is 29.6 Å². The van der Waals surface area contributed by atoms with Crippen LogP contribution >= 0.6 is 0 Å². The van der Waals surface area contributed by atoms with Crippen LogP contribution in [0, 0.1) is 0 Å². The molecular formula is C14H10NaO2+. The molecule has 0 N–H and O–H groups in total. The molecule has 0 fully saturated rings. The standard InChI is InChI=1S/C14H10O2.Na/c15-13(11-7-3-1-4-8-11)14(16)12-9-5-2-6-10-12;/h1-10H;/q;+1. The van der Waals surface area contributed by atoms with Gasteiger partial charge in [0.1, 0.15) is 0 Å². The number of rotatable bonds is 3. The zero-order valence-corrected chi connectivity index (χ0v) is 11.6. The first-order valence-corrected chi connectivity index (χ1v) is 4.98. The van der Waals surface area contributed by atoms with Crippen LogP contribution in [0.3, 0.4) is 0 Å². The van der Waals surface area contributed by atoms with Crippen LogP contribution in [0.4, 0.5) is 0 Å². The molecule has 0 saturated heterocycles. The molecule has 78 valence electrons. The molecule has 2 aromatic carbocycles. The van der Waals surface area contributed by atoms with Crippen molar-refractivity contribution in [1.82, 2.24) is 0 Å². The molecule has 0 bridgehead atoms. The van der Waals surface area contributed by atoms with Crippen LogP contribution in [0.5, 0.6) is 0 Å². The van der Waals surface area contributed by atoms with E-state index >= 15 is 0 Å². The molecule has 3 heteroatoms. The van der Waals surface area contributed by atoms with Gasteiger partial charge in [0, 0.05) is 11.1 Å². The minimum absolute atomic E-state index is 0. The first kappa shape index (κ1) is 13.8. The molecule has 2 rings (SSSR count). The number of Topliss-reactive ketones (excluding diaryl/α,β-unsaturated/α-hetero) is 2. The molecule has 2 nitrogen and oxygen atoms in total. The molecule has 2 aromatic rings. The van der Waals surface area contributed by atoms with Gasteiger partial charge in [0.15, 0.2) is 0 Å². The minimum atomic E-state index is -0.466. The summed E-state index contributed by atoms with van der Waals surface area (Å²) >= 11 is 0. The second-order valence-electron chi connectivity index (χ2n) is 3.39. The Morgan fingerprint density at radius 2 is 0.882 bits per heavy atom. The van der Waals surface area contributed by atoms with Gasteiger partial charge in [-0.15, -0.1) is 0 Å². The number of benzene rings is 2. The van der Waals surface area contributed by atoms with E-state index < -0.39 is 11.6 Å². The fourth-order valence-corrected chi connectivity index (χ4v) is 1.44. The van der Waals surface area contributed by atoms with Gasteiger partial charge in [0.2, 0.25) is 11.6 Å². The third-order valence-electron chi connectivity index (χ3n) is 2.28. The molecule has 0 aromatic heterocycles.